The molecule has 4 rings (SSSR count). The van der Waals surface area contributed by atoms with Crippen molar-refractivity contribution < 1.29 is 23.5 Å². The van der Waals surface area contributed by atoms with Gasteiger partial charge in [0.05, 0.1) is 10.5 Å². The summed E-state index contributed by atoms with van der Waals surface area (Å²) in [7, 11) is 0. The number of nitrogens with two attached hydrogens (primary N) is 1. The van der Waals surface area contributed by atoms with Crippen LogP contribution in [0.4, 0.5) is 14.6 Å². The molecule has 0 unspecified atom stereocenters. The van der Waals surface area contributed by atoms with E-state index in [4.69, 9.17) is 5.73 Å². The van der Waals surface area contributed by atoms with Gasteiger partial charge >= 0.3 is 0 Å². The molecule has 0 saturated heterocycles. The second-order valence-electron chi connectivity index (χ2n) is 9.36. The van der Waals surface area contributed by atoms with E-state index in [-0.39, 0.29) is 39.3 Å². The van der Waals surface area contributed by atoms with Crippen molar-refractivity contribution in [2.45, 2.75) is 57.6 Å². The first-order valence-corrected chi connectivity index (χ1v) is 11.7. The number of pyridine rings is 1. The van der Waals surface area contributed by atoms with Gasteiger partial charge in [0, 0.05) is 29.9 Å². The van der Waals surface area contributed by atoms with E-state index in [0.717, 1.165) is 37.0 Å². The van der Waals surface area contributed by atoms with Crippen molar-refractivity contribution in [2.75, 3.05) is 11.9 Å². The molecular weight excluding hydrogens is 452 g/mol. The minimum absolute atomic E-state index is 0.0118. The lowest BCUT2D eigenvalue weighted by molar-refractivity contribution is 0.0694. The average molecular weight is 480 g/mol. The quantitative estimate of drug-likeness (QED) is 0.414. The summed E-state index contributed by atoms with van der Waals surface area (Å²) in [5, 5.41) is 15.5. The Morgan fingerprint density at radius 3 is 2.42 bits per heavy atom. The van der Waals surface area contributed by atoms with Gasteiger partial charge in [-0.1, -0.05) is 0 Å². The summed E-state index contributed by atoms with van der Waals surface area (Å²) in [6.45, 7) is 2.98. The smallest absolute Gasteiger partial charge is 0.280 e. The van der Waals surface area contributed by atoms with Gasteiger partial charge in [0.2, 0.25) is 0 Å². The van der Waals surface area contributed by atoms with E-state index < -0.39 is 23.8 Å². The fourth-order valence-corrected chi connectivity index (χ4v) is 4.78. The number of amides is 2. The highest BCUT2D eigenvalue weighted by Crippen LogP contribution is 2.46. The summed E-state index contributed by atoms with van der Waals surface area (Å²) in [4.78, 5) is 32.8. The highest BCUT2D eigenvalue weighted by atomic mass is 32.1. The van der Waals surface area contributed by atoms with Crippen molar-refractivity contribution in [3.8, 4) is 10.4 Å². The number of hydrogen-bond acceptors (Lipinski definition) is 7. The number of aliphatic hydroxyl groups is 1. The molecule has 2 heterocycles. The van der Waals surface area contributed by atoms with Crippen LogP contribution < -0.4 is 16.4 Å². The molecular formula is C22H27F2N5O3S. The first-order valence-electron chi connectivity index (χ1n) is 10.9. The number of halogens is 2. The summed E-state index contributed by atoms with van der Waals surface area (Å²) in [6.07, 6.45) is 2.98. The molecule has 0 aromatic carbocycles. The minimum Gasteiger partial charge on any atom is -0.389 e. The number of anilines is 1. The van der Waals surface area contributed by atoms with Gasteiger partial charge in [-0.3, -0.25) is 9.59 Å². The molecule has 2 aliphatic rings. The first-order chi connectivity index (χ1) is 15.5. The molecule has 33 heavy (non-hydrogen) atoms. The summed E-state index contributed by atoms with van der Waals surface area (Å²) in [6, 6.07) is 1.54. The second kappa shape index (κ2) is 8.94. The van der Waals surface area contributed by atoms with Gasteiger partial charge in [-0.05, 0) is 57.4 Å². The number of carbonyl (C=O) groups excluding carboxylic acids is 2. The Balaban J connectivity index is 1.64. The van der Waals surface area contributed by atoms with Crippen LogP contribution in [0.25, 0.3) is 10.4 Å². The number of nitrogens with zero attached hydrogens (tertiary/aromatic N) is 2. The van der Waals surface area contributed by atoms with Gasteiger partial charge in [0.1, 0.15) is 11.5 Å². The lowest BCUT2D eigenvalue weighted by Crippen LogP contribution is -2.38. The molecule has 2 aromatic rings. The van der Waals surface area contributed by atoms with Gasteiger partial charge in [-0.25, -0.2) is 18.7 Å². The van der Waals surface area contributed by atoms with E-state index in [1.807, 2.05) is 0 Å². The van der Waals surface area contributed by atoms with E-state index in [9.17, 15) is 23.5 Å². The van der Waals surface area contributed by atoms with Crippen LogP contribution in [0.15, 0.2) is 12.3 Å². The summed E-state index contributed by atoms with van der Waals surface area (Å²) in [5.74, 6) is -0.0971. The van der Waals surface area contributed by atoms with E-state index in [2.05, 4.69) is 20.6 Å². The molecule has 0 spiro atoms. The van der Waals surface area contributed by atoms with Gasteiger partial charge in [-0.2, -0.15) is 0 Å². The van der Waals surface area contributed by atoms with E-state index in [0.29, 0.717) is 17.7 Å². The number of alkyl halides is 2. The summed E-state index contributed by atoms with van der Waals surface area (Å²) >= 11 is 0.781. The van der Waals surface area contributed by atoms with Crippen LogP contribution in [-0.2, 0) is 0 Å². The molecule has 0 radical (unpaired) electrons. The van der Waals surface area contributed by atoms with E-state index in [1.54, 1.807) is 0 Å². The van der Waals surface area contributed by atoms with Crippen molar-refractivity contribution in [3.63, 3.8) is 0 Å². The maximum atomic E-state index is 14.0. The Morgan fingerprint density at radius 2 is 1.91 bits per heavy atom. The normalized spacial score (nSPS) is 16.3. The zero-order valence-corrected chi connectivity index (χ0v) is 19.2. The van der Waals surface area contributed by atoms with Crippen molar-refractivity contribution in [3.05, 3.63) is 28.5 Å². The van der Waals surface area contributed by atoms with Crippen LogP contribution in [0.1, 0.15) is 71.8 Å². The first kappa shape index (κ1) is 23.5. The third kappa shape index (κ3) is 5.64. The third-order valence-electron chi connectivity index (χ3n) is 5.73. The maximum absolute atomic E-state index is 14.0. The van der Waals surface area contributed by atoms with E-state index >= 15 is 0 Å². The van der Waals surface area contributed by atoms with Gasteiger partial charge in [0.15, 0.2) is 5.01 Å². The largest absolute Gasteiger partial charge is 0.389 e. The monoisotopic (exact) mass is 479 g/mol. The SMILES string of the molecule is CC(C)(O)CNC(=O)c1nc(C(N)=O)c(-c2cnc(NC(C3CC3)C3CC3)cc2C(F)F)s1. The van der Waals surface area contributed by atoms with Crippen LogP contribution in [-0.4, -0.2) is 45.1 Å². The number of carbonyl (C=O) groups is 2. The molecule has 178 valence electrons. The van der Waals surface area contributed by atoms with Gasteiger partial charge in [0.25, 0.3) is 18.2 Å². The summed E-state index contributed by atoms with van der Waals surface area (Å²) in [5.41, 5.74) is 3.70. The Morgan fingerprint density at radius 1 is 1.27 bits per heavy atom. The number of hydrogen-bond donors (Lipinski definition) is 4. The van der Waals surface area contributed by atoms with Crippen LogP contribution >= 0.6 is 11.3 Å². The lowest BCUT2D eigenvalue weighted by atomic mass is 10.1. The molecule has 2 saturated carbocycles. The molecule has 2 aliphatic carbocycles. The van der Waals surface area contributed by atoms with Crippen LogP contribution in [0.3, 0.4) is 0 Å². The topological polar surface area (TPSA) is 130 Å². The number of thiazole rings is 1. The predicted molar refractivity (Wildman–Crippen MR) is 120 cm³/mol. The molecule has 0 aliphatic heterocycles. The number of rotatable bonds is 10. The van der Waals surface area contributed by atoms with Crippen LogP contribution in [0, 0.1) is 11.8 Å². The third-order valence-corrected chi connectivity index (χ3v) is 6.81. The van der Waals surface area contributed by atoms with E-state index in [1.165, 1.54) is 26.1 Å². The fraction of sp³-hybridized carbons (Fsp3) is 0.545. The standard InChI is InChI=1S/C22H27F2N5O3S/c1-22(2,32)9-27-20(31)21-29-16(19(25)30)17(33-21)13-8-26-14(7-12(13)18(23)24)28-15(10-3-4-10)11-5-6-11/h7-8,10-11,15,18,32H,3-6,9H2,1-2H3,(H2,25,30)(H,26,28)(H,27,31). The molecule has 0 bridgehead atoms. The minimum atomic E-state index is -2.83. The van der Waals surface area contributed by atoms with Gasteiger partial charge < -0.3 is 21.5 Å². The van der Waals surface area contributed by atoms with Crippen LogP contribution in [0.2, 0.25) is 0 Å². The van der Waals surface area contributed by atoms with Crippen molar-refractivity contribution in [1.29, 1.82) is 0 Å². The highest BCUT2D eigenvalue weighted by molar-refractivity contribution is 7.17. The van der Waals surface area contributed by atoms with Crippen molar-refractivity contribution in [1.82, 2.24) is 15.3 Å². The maximum Gasteiger partial charge on any atom is 0.280 e. The fourth-order valence-electron chi connectivity index (χ4n) is 3.76. The number of nitrogens with one attached hydrogen (secondary N) is 2. The zero-order valence-electron chi connectivity index (χ0n) is 18.4. The Kier molecular flexibility index (Phi) is 6.37. The number of aromatic nitrogens is 2. The molecule has 11 heteroatoms. The molecule has 2 fully saturated rings. The molecule has 5 N–H and O–H groups in total. The lowest BCUT2D eigenvalue weighted by Gasteiger charge is -2.19. The zero-order chi connectivity index (χ0) is 23.9. The van der Waals surface area contributed by atoms with Crippen LogP contribution in [0.5, 0.6) is 0 Å². The Hall–Kier alpha value is -2.66. The second-order valence-corrected chi connectivity index (χ2v) is 10.4. The number of primary amides is 1. The molecule has 8 nitrogen and oxygen atoms in total. The van der Waals surface area contributed by atoms with Crippen molar-refractivity contribution >= 4 is 29.0 Å². The Bertz CT molecular complexity index is 1050. The van der Waals surface area contributed by atoms with Crippen molar-refractivity contribution in [2.24, 2.45) is 17.6 Å². The predicted octanol–water partition coefficient (Wildman–Crippen LogP) is 3.34. The molecule has 0 atom stereocenters. The highest BCUT2D eigenvalue weighted by Gasteiger charge is 2.41. The molecule has 2 aromatic heterocycles. The van der Waals surface area contributed by atoms with Gasteiger partial charge in [-0.15, -0.1) is 11.3 Å². The molecule has 2 amide bonds. The Labute approximate surface area is 194 Å². The average Bonchev–Trinajstić information content (AvgIpc) is 3.67. The summed E-state index contributed by atoms with van der Waals surface area (Å²) < 4.78 is 28.1.